The molecular weight excluding hydrogens is 218 g/mol. The van der Waals surface area contributed by atoms with Crippen molar-refractivity contribution in [3.05, 3.63) is 0 Å². The quantitative estimate of drug-likeness (QED) is 0.810. The summed E-state index contributed by atoms with van der Waals surface area (Å²) < 4.78 is 0. The average Bonchev–Trinajstić information content (AvgIpc) is 2.73. The number of carbonyl (C=O) groups is 2. The van der Waals surface area contributed by atoms with E-state index in [0.29, 0.717) is 5.92 Å². The lowest BCUT2D eigenvalue weighted by Gasteiger charge is -2.30. The first kappa shape index (κ1) is 12.4. The zero-order valence-corrected chi connectivity index (χ0v) is 10.8. The van der Waals surface area contributed by atoms with Gasteiger partial charge in [0.1, 0.15) is 0 Å². The van der Waals surface area contributed by atoms with Gasteiger partial charge >= 0.3 is 5.97 Å². The second kappa shape index (κ2) is 4.00. The van der Waals surface area contributed by atoms with Gasteiger partial charge in [-0.25, -0.2) is 0 Å². The third kappa shape index (κ3) is 2.05. The molecule has 2 rings (SSSR count). The van der Waals surface area contributed by atoms with E-state index in [1.165, 1.54) is 19.3 Å². The van der Waals surface area contributed by atoms with Crippen molar-refractivity contribution in [2.24, 2.45) is 23.2 Å². The van der Waals surface area contributed by atoms with Gasteiger partial charge in [0.15, 0.2) is 0 Å². The fourth-order valence-electron chi connectivity index (χ4n) is 2.95. The average molecular weight is 239 g/mol. The van der Waals surface area contributed by atoms with Crippen molar-refractivity contribution in [3.63, 3.8) is 0 Å². The Morgan fingerprint density at radius 3 is 2.24 bits per heavy atom. The molecule has 0 radical (unpaired) electrons. The summed E-state index contributed by atoms with van der Waals surface area (Å²) >= 11 is 0. The van der Waals surface area contributed by atoms with Gasteiger partial charge in [0.2, 0.25) is 5.91 Å². The Bertz CT molecular complexity index is 347. The molecule has 0 aromatic carbocycles. The van der Waals surface area contributed by atoms with E-state index in [2.05, 4.69) is 0 Å². The van der Waals surface area contributed by atoms with Gasteiger partial charge in [-0.2, -0.15) is 0 Å². The molecule has 2 saturated carbocycles. The summed E-state index contributed by atoms with van der Waals surface area (Å²) in [6, 6.07) is 0. The van der Waals surface area contributed by atoms with Gasteiger partial charge in [-0.3, -0.25) is 9.59 Å². The molecule has 1 amide bonds. The number of nitrogens with zero attached hydrogens (tertiary/aromatic N) is 1. The Labute approximate surface area is 102 Å². The van der Waals surface area contributed by atoms with Crippen LogP contribution in [-0.4, -0.2) is 35.5 Å². The summed E-state index contributed by atoms with van der Waals surface area (Å²) in [5, 5.41) is 9.06. The second-order valence-electron chi connectivity index (χ2n) is 6.13. The van der Waals surface area contributed by atoms with Crippen molar-refractivity contribution < 1.29 is 14.7 Å². The highest BCUT2D eigenvalue weighted by Crippen LogP contribution is 2.59. The third-order valence-corrected chi connectivity index (χ3v) is 4.49. The van der Waals surface area contributed by atoms with Crippen LogP contribution in [0.25, 0.3) is 0 Å². The monoisotopic (exact) mass is 239 g/mol. The van der Waals surface area contributed by atoms with Crippen LogP contribution >= 0.6 is 0 Å². The second-order valence-corrected chi connectivity index (χ2v) is 6.13. The minimum atomic E-state index is -0.842. The van der Waals surface area contributed by atoms with Gasteiger partial charge < -0.3 is 10.0 Å². The maximum absolute atomic E-state index is 12.2. The minimum absolute atomic E-state index is 0.00861. The summed E-state index contributed by atoms with van der Waals surface area (Å²) in [6.07, 6.45) is 3.67. The molecule has 0 bridgehead atoms. The molecule has 0 saturated heterocycles. The molecule has 2 aliphatic rings. The maximum Gasteiger partial charge on any atom is 0.307 e. The van der Waals surface area contributed by atoms with Crippen LogP contribution in [0, 0.1) is 23.2 Å². The van der Waals surface area contributed by atoms with E-state index in [9.17, 15) is 9.59 Å². The Kier molecular flexibility index (Phi) is 2.92. The molecule has 2 atom stereocenters. The van der Waals surface area contributed by atoms with E-state index < -0.39 is 11.9 Å². The topological polar surface area (TPSA) is 57.6 Å². The van der Waals surface area contributed by atoms with Crippen molar-refractivity contribution in [3.8, 4) is 0 Å². The lowest BCUT2D eigenvalue weighted by Crippen LogP contribution is -2.36. The van der Waals surface area contributed by atoms with Crippen molar-refractivity contribution in [1.29, 1.82) is 0 Å². The van der Waals surface area contributed by atoms with Gasteiger partial charge in [0.05, 0.1) is 11.8 Å². The largest absolute Gasteiger partial charge is 0.481 e. The molecule has 1 N–H and O–H groups in total. The van der Waals surface area contributed by atoms with E-state index >= 15 is 0 Å². The van der Waals surface area contributed by atoms with Crippen molar-refractivity contribution in [2.75, 3.05) is 13.6 Å². The number of carboxylic acid groups (broad SMARTS) is 1. The molecule has 0 heterocycles. The Morgan fingerprint density at radius 2 is 1.88 bits per heavy atom. The van der Waals surface area contributed by atoms with Gasteiger partial charge in [0.25, 0.3) is 0 Å². The molecule has 17 heavy (non-hydrogen) atoms. The Morgan fingerprint density at radius 1 is 1.29 bits per heavy atom. The fraction of sp³-hybridized carbons (Fsp3) is 0.846. The van der Waals surface area contributed by atoms with Crippen molar-refractivity contribution >= 4 is 11.9 Å². The molecule has 0 spiro atoms. The smallest absolute Gasteiger partial charge is 0.307 e. The Hall–Kier alpha value is -1.06. The van der Waals surface area contributed by atoms with Crippen LogP contribution in [0.5, 0.6) is 0 Å². The van der Waals surface area contributed by atoms with Crippen LogP contribution in [0.4, 0.5) is 0 Å². The van der Waals surface area contributed by atoms with Crippen LogP contribution < -0.4 is 0 Å². The summed E-state index contributed by atoms with van der Waals surface area (Å²) in [5.41, 5.74) is -0.378. The Balaban J connectivity index is 1.93. The number of hydrogen-bond donors (Lipinski definition) is 1. The van der Waals surface area contributed by atoms with Gasteiger partial charge in [0, 0.05) is 13.6 Å². The number of aliphatic carboxylic acids is 1. The third-order valence-electron chi connectivity index (χ3n) is 4.49. The van der Waals surface area contributed by atoms with Gasteiger partial charge in [-0.05, 0) is 24.2 Å². The summed E-state index contributed by atoms with van der Waals surface area (Å²) in [5.74, 6) is -1.03. The molecule has 2 fully saturated rings. The molecule has 0 aromatic heterocycles. The van der Waals surface area contributed by atoms with E-state index in [1.54, 1.807) is 11.9 Å². The van der Waals surface area contributed by atoms with E-state index in [4.69, 9.17) is 5.11 Å². The van der Waals surface area contributed by atoms with Crippen LogP contribution in [-0.2, 0) is 9.59 Å². The van der Waals surface area contributed by atoms with Crippen molar-refractivity contribution in [2.45, 2.75) is 33.1 Å². The van der Waals surface area contributed by atoms with Crippen LogP contribution in [0.15, 0.2) is 0 Å². The fourth-order valence-corrected chi connectivity index (χ4v) is 2.95. The van der Waals surface area contributed by atoms with Crippen LogP contribution in [0.1, 0.15) is 33.1 Å². The number of carbonyl (C=O) groups excluding carboxylic acids is 1. The zero-order valence-electron chi connectivity index (χ0n) is 10.8. The first-order chi connectivity index (χ1) is 7.85. The zero-order chi connectivity index (χ0) is 12.8. The summed E-state index contributed by atoms with van der Waals surface area (Å²) in [7, 11) is 1.80. The first-order valence-electron chi connectivity index (χ1n) is 6.33. The standard InChI is InChI=1S/C13H21NO3/c1-13(2)9(10(13)12(16)17)11(15)14(3)7-8-5-4-6-8/h8-10H,4-7H2,1-3H3,(H,16,17)/t9-,10+/m1/s1. The molecule has 4 nitrogen and oxygen atoms in total. The van der Waals surface area contributed by atoms with Crippen LogP contribution in [0.3, 0.4) is 0 Å². The molecule has 0 unspecified atom stereocenters. The number of rotatable bonds is 4. The lowest BCUT2D eigenvalue weighted by atomic mass is 9.85. The maximum atomic E-state index is 12.2. The summed E-state index contributed by atoms with van der Waals surface area (Å²) in [4.78, 5) is 24.9. The van der Waals surface area contributed by atoms with Gasteiger partial charge in [-0.1, -0.05) is 20.3 Å². The molecule has 2 aliphatic carbocycles. The predicted molar refractivity (Wildman–Crippen MR) is 63.4 cm³/mol. The molecule has 96 valence electrons. The number of hydrogen-bond acceptors (Lipinski definition) is 2. The van der Waals surface area contributed by atoms with E-state index in [-0.39, 0.29) is 17.2 Å². The van der Waals surface area contributed by atoms with E-state index in [0.717, 1.165) is 6.54 Å². The first-order valence-corrected chi connectivity index (χ1v) is 6.33. The summed E-state index contributed by atoms with van der Waals surface area (Å²) in [6.45, 7) is 4.52. The highest BCUT2D eigenvalue weighted by molar-refractivity contribution is 5.91. The number of carboxylic acids is 1. The highest BCUT2D eigenvalue weighted by atomic mass is 16.4. The highest BCUT2D eigenvalue weighted by Gasteiger charge is 2.66. The van der Waals surface area contributed by atoms with Gasteiger partial charge in [-0.15, -0.1) is 0 Å². The van der Waals surface area contributed by atoms with Crippen LogP contribution in [0.2, 0.25) is 0 Å². The van der Waals surface area contributed by atoms with Crippen molar-refractivity contribution in [1.82, 2.24) is 4.90 Å². The SMILES string of the molecule is CN(CC1CCC1)C(=O)[C@H]1[C@@H](C(=O)O)C1(C)C. The van der Waals surface area contributed by atoms with E-state index in [1.807, 2.05) is 13.8 Å². The normalized spacial score (nSPS) is 30.5. The molecule has 0 aromatic rings. The lowest BCUT2D eigenvalue weighted by molar-refractivity contribution is -0.142. The number of amides is 1. The minimum Gasteiger partial charge on any atom is -0.481 e. The molecule has 0 aliphatic heterocycles. The molecular formula is C13H21NO3. The molecule has 4 heteroatoms. The predicted octanol–water partition coefficient (Wildman–Crippen LogP) is 1.60.